The van der Waals surface area contributed by atoms with Gasteiger partial charge < -0.3 is 9.84 Å². The van der Waals surface area contributed by atoms with E-state index in [1.54, 1.807) is 6.07 Å². The first-order chi connectivity index (χ1) is 9.65. The molecule has 4 heteroatoms. The van der Waals surface area contributed by atoms with Crippen molar-refractivity contribution in [3.63, 3.8) is 0 Å². The number of hydrogen-bond donors (Lipinski definition) is 1. The Hall–Kier alpha value is -1.16. The van der Waals surface area contributed by atoms with Crippen LogP contribution in [-0.2, 0) is 0 Å². The van der Waals surface area contributed by atoms with E-state index in [-0.39, 0.29) is 6.10 Å². The van der Waals surface area contributed by atoms with Crippen LogP contribution in [0.25, 0.3) is 0 Å². The van der Waals surface area contributed by atoms with Gasteiger partial charge in [0, 0.05) is 4.90 Å². The van der Waals surface area contributed by atoms with Gasteiger partial charge in [-0.1, -0.05) is 25.8 Å². The molecule has 1 aromatic carbocycles. The highest BCUT2D eigenvalue weighted by molar-refractivity contribution is 7.98. The first kappa shape index (κ1) is 15.2. The van der Waals surface area contributed by atoms with E-state index in [9.17, 15) is 9.90 Å². The normalized spacial score (nSPS) is 22.5. The average molecular weight is 294 g/mol. The molecule has 1 N–H and O–H groups in total. The van der Waals surface area contributed by atoms with Gasteiger partial charge in [0.25, 0.3) is 0 Å². The molecule has 2 atom stereocenters. The van der Waals surface area contributed by atoms with Gasteiger partial charge in [0.1, 0.15) is 11.3 Å². The van der Waals surface area contributed by atoms with Crippen LogP contribution in [0.1, 0.15) is 49.4 Å². The highest BCUT2D eigenvalue weighted by Crippen LogP contribution is 2.33. The number of hydrogen-bond acceptors (Lipinski definition) is 3. The topological polar surface area (TPSA) is 46.5 Å². The highest BCUT2D eigenvalue weighted by atomic mass is 32.2. The van der Waals surface area contributed by atoms with Gasteiger partial charge >= 0.3 is 5.97 Å². The van der Waals surface area contributed by atoms with Gasteiger partial charge in [-0.05, 0) is 43.6 Å². The lowest BCUT2D eigenvalue weighted by atomic mass is 9.85. The Labute approximate surface area is 124 Å². The first-order valence-electron chi connectivity index (χ1n) is 7.22. The van der Waals surface area contributed by atoms with E-state index in [2.05, 4.69) is 6.92 Å². The lowest BCUT2D eigenvalue weighted by Gasteiger charge is -2.29. The molecule has 0 aromatic heterocycles. The van der Waals surface area contributed by atoms with Crippen molar-refractivity contribution in [1.29, 1.82) is 0 Å². The largest absolute Gasteiger partial charge is 0.489 e. The van der Waals surface area contributed by atoms with E-state index in [0.717, 1.165) is 17.7 Å². The summed E-state index contributed by atoms with van der Waals surface area (Å²) in [4.78, 5) is 12.2. The van der Waals surface area contributed by atoms with Gasteiger partial charge in [-0.2, -0.15) is 0 Å². The molecule has 0 aliphatic heterocycles. The van der Waals surface area contributed by atoms with Crippen molar-refractivity contribution < 1.29 is 14.6 Å². The van der Waals surface area contributed by atoms with Crippen LogP contribution < -0.4 is 4.74 Å². The van der Waals surface area contributed by atoms with E-state index in [0.29, 0.717) is 17.2 Å². The molecule has 20 heavy (non-hydrogen) atoms. The third-order valence-electron chi connectivity index (χ3n) is 4.03. The number of aromatic carboxylic acids is 1. The summed E-state index contributed by atoms with van der Waals surface area (Å²) in [5.74, 6) is 0.324. The second kappa shape index (κ2) is 7.02. The monoisotopic (exact) mass is 294 g/mol. The van der Waals surface area contributed by atoms with Crippen molar-refractivity contribution in [2.24, 2.45) is 5.92 Å². The molecule has 0 heterocycles. The number of carboxylic acid groups (broad SMARTS) is 1. The summed E-state index contributed by atoms with van der Waals surface area (Å²) in [5, 5.41) is 9.41. The maximum atomic E-state index is 11.5. The molecule has 3 nitrogen and oxygen atoms in total. The molecule has 2 rings (SSSR count). The van der Waals surface area contributed by atoms with Gasteiger partial charge in [0.2, 0.25) is 0 Å². The number of rotatable bonds is 5. The van der Waals surface area contributed by atoms with E-state index < -0.39 is 5.97 Å². The molecule has 1 saturated carbocycles. The number of benzene rings is 1. The van der Waals surface area contributed by atoms with Gasteiger partial charge in [-0.25, -0.2) is 4.79 Å². The molecular weight excluding hydrogens is 272 g/mol. The minimum absolute atomic E-state index is 0.156. The zero-order valence-electron chi connectivity index (χ0n) is 12.1. The van der Waals surface area contributed by atoms with E-state index in [1.165, 1.54) is 31.0 Å². The third-order valence-corrected chi connectivity index (χ3v) is 4.81. The van der Waals surface area contributed by atoms with Crippen LogP contribution in [0.3, 0.4) is 0 Å². The molecule has 0 spiro atoms. The number of carbonyl (C=O) groups is 1. The fourth-order valence-electron chi connectivity index (χ4n) is 2.89. The van der Waals surface area contributed by atoms with Crippen molar-refractivity contribution in [1.82, 2.24) is 0 Å². The maximum Gasteiger partial charge on any atom is 0.340 e. The van der Waals surface area contributed by atoms with Crippen LogP contribution in [0.15, 0.2) is 23.1 Å². The van der Waals surface area contributed by atoms with Crippen molar-refractivity contribution in [3.05, 3.63) is 23.8 Å². The van der Waals surface area contributed by atoms with Crippen molar-refractivity contribution >= 4 is 17.7 Å². The summed E-state index contributed by atoms with van der Waals surface area (Å²) in [6.45, 7) is 2.21. The molecule has 0 amide bonds. The fourth-order valence-corrected chi connectivity index (χ4v) is 3.50. The first-order valence-corrected chi connectivity index (χ1v) is 8.45. The van der Waals surface area contributed by atoms with Crippen LogP contribution in [-0.4, -0.2) is 23.4 Å². The van der Waals surface area contributed by atoms with Crippen molar-refractivity contribution in [3.8, 4) is 5.75 Å². The summed E-state index contributed by atoms with van der Waals surface area (Å²) < 4.78 is 6.03. The summed E-state index contributed by atoms with van der Waals surface area (Å²) in [6, 6.07) is 5.48. The number of carboxylic acids is 1. The Bertz CT molecular complexity index is 473. The predicted octanol–water partition coefficient (Wildman–Crippen LogP) is 4.45. The van der Waals surface area contributed by atoms with Crippen LogP contribution in [0.4, 0.5) is 0 Å². The molecule has 0 radical (unpaired) electrons. The zero-order chi connectivity index (χ0) is 14.5. The highest BCUT2D eigenvalue weighted by Gasteiger charge is 2.24. The molecule has 110 valence electrons. The molecule has 1 aromatic rings. The zero-order valence-corrected chi connectivity index (χ0v) is 12.9. The van der Waals surface area contributed by atoms with E-state index in [4.69, 9.17) is 4.74 Å². The number of ether oxygens (including phenoxy) is 1. The van der Waals surface area contributed by atoms with Gasteiger partial charge in [0.05, 0.1) is 6.10 Å². The van der Waals surface area contributed by atoms with Crippen LogP contribution >= 0.6 is 11.8 Å². The summed E-state index contributed by atoms with van der Waals surface area (Å²) in [6.07, 6.45) is 7.73. The van der Waals surface area contributed by atoms with Crippen molar-refractivity contribution in [2.45, 2.75) is 50.0 Å². The molecule has 1 aliphatic carbocycles. The smallest absolute Gasteiger partial charge is 0.340 e. The Morgan fingerprint density at radius 1 is 1.45 bits per heavy atom. The second-order valence-corrected chi connectivity index (χ2v) is 6.17. The summed E-state index contributed by atoms with van der Waals surface area (Å²) in [5.41, 5.74) is 0.304. The Balaban J connectivity index is 2.18. The quantitative estimate of drug-likeness (QED) is 0.815. The standard InChI is InChI=1S/C16H22O3S/c1-3-11-6-4-7-12(10-11)19-13-8-5-9-14(20-2)15(13)16(17)18/h5,8-9,11-12H,3-4,6-7,10H2,1-2H3,(H,17,18). The molecule has 1 aliphatic rings. The van der Waals surface area contributed by atoms with E-state index >= 15 is 0 Å². The minimum Gasteiger partial charge on any atom is -0.489 e. The lowest BCUT2D eigenvalue weighted by Crippen LogP contribution is -2.25. The fraction of sp³-hybridized carbons (Fsp3) is 0.562. The van der Waals surface area contributed by atoms with Crippen LogP contribution in [0.2, 0.25) is 0 Å². The predicted molar refractivity (Wildman–Crippen MR) is 81.8 cm³/mol. The van der Waals surface area contributed by atoms with Gasteiger partial charge in [-0.15, -0.1) is 11.8 Å². The van der Waals surface area contributed by atoms with Crippen LogP contribution in [0.5, 0.6) is 5.75 Å². The molecular formula is C16H22O3S. The molecule has 1 fully saturated rings. The molecule has 2 unspecified atom stereocenters. The maximum absolute atomic E-state index is 11.5. The van der Waals surface area contributed by atoms with E-state index in [1.807, 2.05) is 18.4 Å². The minimum atomic E-state index is -0.909. The van der Waals surface area contributed by atoms with Crippen LogP contribution in [0, 0.1) is 5.92 Å². The van der Waals surface area contributed by atoms with Gasteiger partial charge in [-0.3, -0.25) is 0 Å². The molecule has 0 saturated heterocycles. The van der Waals surface area contributed by atoms with Gasteiger partial charge in [0.15, 0.2) is 0 Å². The third kappa shape index (κ3) is 3.48. The Morgan fingerprint density at radius 3 is 2.90 bits per heavy atom. The molecule has 0 bridgehead atoms. The SMILES string of the molecule is CCC1CCCC(Oc2cccc(SC)c2C(=O)O)C1. The summed E-state index contributed by atoms with van der Waals surface area (Å²) in [7, 11) is 0. The lowest BCUT2D eigenvalue weighted by molar-refractivity contribution is 0.0677. The average Bonchev–Trinajstić information content (AvgIpc) is 2.46. The Morgan fingerprint density at radius 2 is 2.25 bits per heavy atom. The van der Waals surface area contributed by atoms with Crippen molar-refractivity contribution in [2.75, 3.05) is 6.26 Å². The number of thioether (sulfide) groups is 1. The summed E-state index contributed by atoms with van der Waals surface area (Å²) >= 11 is 1.44. The Kier molecular flexibility index (Phi) is 5.35. The second-order valence-electron chi connectivity index (χ2n) is 5.32.